The van der Waals surface area contributed by atoms with Crippen LogP contribution in [-0.4, -0.2) is 18.4 Å². The maximum Gasteiger partial charge on any atom is 0.229 e. The van der Waals surface area contributed by atoms with Crippen LogP contribution in [0.2, 0.25) is 5.02 Å². The summed E-state index contributed by atoms with van der Waals surface area (Å²) in [4.78, 5) is 26.8. The van der Waals surface area contributed by atoms with E-state index in [0.29, 0.717) is 23.2 Å². The van der Waals surface area contributed by atoms with Crippen molar-refractivity contribution in [3.05, 3.63) is 59.1 Å². The molecule has 5 heteroatoms. The van der Waals surface area contributed by atoms with Crippen molar-refractivity contribution >= 4 is 34.8 Å². The van der Waals surface area contributed by atoms with Crippen molar-refractivity contribution in [1.82, 2.24) is 0 Å². The molecule has 1 saturated heterocycles. The Morgan fingerprint density at radius 2 is 1.96 bits per heavy atom. The number of carbonyl (C=O) groups is 2. The van der Waals surface area contributed by atoms with Gasteiger partial charge in [0.05, 0.1) is 5.92 Å². The topological polar surface area (TPSA) is 49.4 Å². The lowest BCUT2D eigenvalue weighted by atomic mass is 10.0. The zero-order chi connectivity index (χ0) is 18.0. The number of benzene rings is 2. The molecule has 1 N–H and O–H groups in total. The van der Waals surface area contributed by atoms with Crippen LogP contribution in [0.1, 0.15) is 31.7 Å². The Labute approximate surface area is 152 Å². The van der Waals surface area contributed by atoms with Gasteiger partial charge in [-0.05, 0) is 35.7 Å². The van der Waals surface area contributed by atoms with Crippen LogP contribution in [0.25, 0.3) is 0 Å². The first-order chi connectivity index (χ1) is 12.0. The molecule has 1 fully saturated rings. The van der Waals surface area contributed by atoms with Gasteiger partial charge in [-0.3, -0.25) is 9.59 Å². The summed E-state index contributed by atoms with van der Waals surface area (Å²) in [5.74, 6) is -0.227. The monoisotopic (exact) mass is 356 g/mol. The standard InChI is InChI=1S/C20H21ClN2O2/c1-13(2)17-8-3-4-9-18(17)23-12-14(10-19(23)24)20(25)22-16-7-5-6-15(21)11-16/h3-9,11,13-14H,10,12H2,1-2H3,(H,22,25). The summed E-state index contributed by atoms with van der Waals surface area (Å²) in [6.07, 6.45) is 0.221. The molecule has 4 nitrogen and oxygen atoms in total. The number of nitrogens with zero attached hydrogens (tertiary/aromatic N) is 1. The minimum Gasteiger partial charge on any atom is -0.326 e. The van der Waals surface area contributed by atoms with E-state index in [9.17, 15) is 9.59 Å². The molecule has 2 amide bonds. The number of halogens is 1. The first kappa shape index (κ1) is 17.5. The van der Waals surface area contributed by atoms with Gasteiger partial charge >= 0.3 is 0 Å². The van der Waals surface area contributed by atoms with Crippen molar-refractivity contribution in [3.8, 4) is 0 Å². The molecule has 0 saturated carbocycles. The number of carbonyl (C=O) groups excluding carboxylic acids is 2. The molecule has 2 aromatic carbocycles. The van der Waals surface area contributed by atoms with E-state index in [-0.39, 0.29) is 24.2 Å². The van der Waals surface area contributed by atoms with Crippen molar-refractivity contribution < 1.29 is 9.59 Å². The van der Waals surface area contributed by atoms with Crippen molar-refractivity contribution in [3.63, 3.8) is 0 Å². The number of hydrogen-bond donors (Lipinski definition) is 1. The van der Waals surface area contributed by atoms with Crippen LogP contribution in [0.5, 0.6) is 0 Å². The summed E-state index contributed by atoms with van der Waals surface area (Å²) >= 11 is 5.95. The Balaban J connectivity index is 1.75. The molecular weight excluding hydrogens is 336 g/mol. The van der Waals surface area contributed by atoms with E-state index in [0.717, 1.165) is 11.3 Å². The minimum atomic E-state index is -0.369. The summed E-state index contributed by atoms with van der Waals surface area (Å²) in [5, 5.41) is 3.42. The maximum atomic E-state index is 12.5. The highest BCUT2D eigenvalue weighted by Crippen LogP contribution is 2.32. The Bertz CT molecular complexity index is 804. The molecule has 0 aliphatic carbocycles. The highest BCUT2D eigenvalue weighted by molar-refractivity contribution is 6.30. The van der Waals surface area contributed by atoms with Crippen molar-refractivity contribution in [2.45, 2.75) is 26.2 Å². The molecule has 25 heavy (non-hydrogen) atoms. The van der Waals surface area contributed by atoms with Crippen LogP contribution in [0, 0.1) is 5.92 Å². The Hall–Kier alpha value is -2.33. The molecule has 0 radical (unpaired) electrons. The number of rotatable bonds is 4. The molecular formula is C20H21ClN2O2. The average molecular weight is 357 g/mol. The van der Waals surface area contributed by atoms with Crippen molar-refractivity contribution in [2.75, 3.05) is 16.8 Å². The number of nitrogens with one attached hydrogen (secondary N) is 1. The second-order valence-electron chi connectivity index (χ2n) is 6.62. The summed E-state index contributed by atoms with van der Waals surface area (Å²) in [6.45, 7) is 4.60. The van der Waals surface area contributed by atoms with Gasteiger partial charge in [0, 0.05) is 29.4 Å². The zero-order valence-corrected chi connectivity index (χ0v) is 15.1. The largest absolute Gasteiger partial charge is 0.326 e. The van der Waals surface area contributed by atoms with Crippen LogP contribution in [0.4, 0.5) is 11.4 Å². The number of anilines is 2. The van der Waals surface area contributed by atoms with Gasteiger partial charge in [0.25, 0.3) is 0 Å². The van der Waals surface area contributed by atoms with E-state index in [4.69, 9.17) is 11.6 Å². The van der Waals surface area contributed by atoms with Crippen LogP contribution in [-0.2, 0) is 9.59 Å². The smallest absolute Gasteiger partial charge is 0.229 e. The Kier molecular flexibility index (Phi) is 5.09. The molecule has 1 heterocycles. The molecule has 1 atom stereocenters. The number of para-hydroxylation sites is 1. The lowest BCUT2D eigenvalue weighted by molar-refractivity contribution is -0.122. The fourth-order valence-corrected chi connectivity index (χ4v) is 3.34. The average Bonchev–Trinajstić information content (AvgIpc) is 2.96. The molecule has 2 aromatic rings. The molecule has 0 spiro atoms. The second-order valence-corrected chi connectivity index (χ2v) is 7.05. The van der Waals surface area contributed by atoms with E-state index >= 15 is 0 Å². The summed E-state index contributed by atoms with van der Waals surface area (Å²) in [5.41, 5.74) is 2.67. The zero-order valence-electron chi connectivity index (χ0n) is 14.3. The van der Waals surface area contributed by atoms with E-state index < -0.39 is 0 Å². The van der Waals surface area contributed by atoms with Gasteiger partial charge in [-0.25, -0.2) is 0 Å². The third-order valence-corrected chi connectivity index (χ3v) is 4.67. The van der Waals surface area contributed by atoms with Gasteiger partial charge in [-0.15, -0.1) is 0 Å². The SMILES string of the molecule is CC(C)c1ccccc1N1CC(C(=O)Nc2cccc(Cl)c2)CC1=O. The van der Waals surface area contributed by atoms with E-state index in [1.807, 2.05) is 24.3 Å². The Morgan fingerprint density at radius 1 is 1.20 bits per heavy atom. The van der Waals surface area contributed by atoms with Gasteiger partial charge in [-0.2, -0.15) is 0 Å². The van der Waals surface area contributed by atoms with Crippen LogP contribution in [0.15, 0.2) is 48.5 Å². The summed E-state index contributed by atoms with van der Waals surface area (Å²) in [7, 11) is 0. The molecule has 1 unspecified atom stereocenters. The van der Waals surface area contributed by atoms with Gasteiger partial charge in [-0.1, -0.05) is 49.7 Å². The molecule has 1 aliphatic heterocycles. The molecule has 0 aromatic heterocycles. The number of hydrogen-bond acceptors (Lipinski definition) is 2. The van der Waals surface area contributed by atoms with Gasteiger partial charge in [0.2, 0.25) is 11.8 Å². The van der Waals surface area contributed by atoms with Crippen LogP contribution < -0.4 is 10.2 Å². The molecule has 3 rings (SSSR count). The Morgan fingerprint density at radius 3 is 2.68 bits per heavy atom. The minimum absolute atomic E-state index is 0.0145. The molecule has 130 valence electrons. The number of amides is 2. The van der Waals surface area contributed by atoms with Crippen molar-refractivity contribution in [2.24, 2.45) is 5.92 Å². The second kappa shape index (κ2) is 7.28. The first-order valence-corrected chi connectivity index (χ1v) is 8.79. The highest BCUT2D eigenvalue weighted by atomic mass is 35.5. The third kappa shape index (κ3) is 3.85. The van der Waals surface area contributed by atoms with Crippen molar-refractivity contribution in [1.29, 1.82) is 0 Å². The predicted octanol–water partition coefficient (Wildman–Crippen LogP) is 4.46. The quantitative estimate of drug-likeness (QED) is 0.879. The molecule has 1 aliphatic rings. The van der Waals surface area contributed by atoms with Gasteiger partial charge < -0.3 is 10.2 Å². The third-order valence-electron chi connectivity index (χ3n) is 4.44. The van der Waals surface area contributed by atoms with Crippen LogP contribution >= 0.6 is 11.6 Å². The predicted molar refractivity (Wildman–Crippen MR) is 101 cm³/mol. The first-order valence-electron chi connectivity index (χ1n) is 8.41. The highest BCUT2D eigenvalue weighted by Gasteiger charge is 2.36. The lowest BCUT2D eigenvalue weighted by Crippen LogP contribution is -2.28. The molecule has 0 bridgehead atoms. The van der Waals surface area contributed by atoms with E-state index in [1.54, 1.807) is 29.2 Å². The van der Waals surface area contributed by atoms with E-state index in [1.165, 1.54) is 0 Å². The summed E-state index contributed by atoms with van der Waals surface area (Å²) in [6, 6.07) is 14.9. The fourth-order valence-electron chi connectivity index (χ4n) is 3.15. The van der Waals surface area contributed by atoms with E-state index in [2.05, 4.69) is 19.2 Å². The summed E-state index contributed by atoms with van der Waals surface area (Å²) < 4.78 is 0. The lowest BCUT2D eigenvalue weighted by Gasteiger charge is -2.22. The normalized spacial score (nSPS) is 17.2. The van der Waals surface area contributed by atoms with Crippen LogP contribution in [0.3, 0.4) is 0 Å². The fraction of sp³-hybridized carbons (Fsp3) is 0.300. The maximum absolute atomic E-state index is 12.5. The van der Waals surface area contributed by atoms with Gasteiger partial charge in [0.15, 0.2) is 0 Å². The van der Waals surface area contributed by atoms with Gasteiger partial charge in [0.1, 0.15) is 0 Å².